The van der Waals surface area contributed by atoms with E-state index in [2.05, 4.69) is 20.8 Å². The largest absolute Gasteiger partial charge is 0.477 e. The number of β-lactam (4-membered cyclic amide) rings is 1. The minimum Gasteiger partial charge on any atom is -0.477 e. The molecule has 1 aromatic heterocycles. The summed E-state index contributed by atoms with van der Waals surface area (Å²) in [5.74, 6) is -3.16. The second-order valence-corrected chi connectivity index (χ2v) is 15.9. The molecule has 0 unspecified atom stereocenters. The molecule has 2 fully saturated rings. The number of carboxylic acids is 1. The van der Waals surface area contributed by atoms with Crippen LogP contribution in [0.5, 0.6) is 0 Å². The molecular weight excluding hydrogens is 683 g/mol. The number of carbonyl (C=O) groups excluding carboxylic acids is 5. The summed E-state index contributed by atoms with van der Waals surface area (Å²) in [5.41, 5.74) is -1.30. The van der Waals surface area contributed by atoms with E-state index in [1.54, 1.807) is 46.4 Å². The van der Waals surface area contributed by atoms with Gasteiger partial charge in [0.25, 0.3) is 11.8 Å². The van der Waals surface area contributed by atoms with Crippen LogP contribution in [-0.4, -0.2) is 141 Å². The number of thioether (sulfide) groups is 1. The molecule has 17 nitrogen and oxygen atoms in total. The number of nitrogens with zero attached hydrogens (tertiary/aromatic N) is 5. The van der Waals surface area contributed by atoms with Crippen LogP contribution in [-0.2, 0) is 38.3 Å². The molecule has 3 N–H and O–H groups in total. The summed E-state index contributed by atoms with van der Waals surface area (Å²) in [6, 6.07) is -1.09. The number of anilines is 1. The molecule has 4 rings (SSSR count). The number of fused-ring (bicyclic) bond motifs is 1. The average Bonchev–Trinajstić information content (AvgIpc) is 3.44. The number of nitrogens with one attached hydrogen (secondary N) is 2. The van der Waals surface area contributed by atoms with Crippen molar-refractivity contribution in [2.24, 2.45) is 5.16 Å². The number of thiazole rings is 1. The van der Waals surface area contributed by atoms with E-state index < -0.39 is 59.1 Å². The third-order valence-corrected chi connectivity index (χ3v) is 9.60. The molecule has 1 aromatic rings. The molecule has 0 bridgehead atoms. The van der Waals surface area contributed by atoms with E-state index in [0.717, 1.165) is 11.3 Å². The molecular formula is C30H42N7O10S2+. The predicted octanol–water partition coefficient (Wildman–Crippen LogP) is 1.21. The Kier molecular flexibility index (Phi) is 11.3. The third-order valence-electron chi connectivity index (χ3n) is 7.48. The maximum atomic E-state index is 13.5. The second-order valence-electron chi connectivity index (χ2n) is 13.9. The summed E-state index contributed by atoms with van der Waals surface area (Å²) in [6.07, 6.45) is 0.0178. The second kappa shape index (κ2) is 14.7. The van der Waals surface area contributed by atoms with Crippen molar-refractivity contribution in [3.8, 4) is 0 Å². The Hall–Kier alpha value is -4.23. The number of quaternary nitrogens is 1. The lowest BCUT2D eigenvalue weighted by atomic mass is 10.0. The lowest BCUT2D eigenvalue weighted by molar-refractivity contribution is -0.908. The number of amides is 4. The lowest BCUT2D eigenvalue weighted by Crippen LogP contribution is -2.71. The van der Waals surface area contributed by atoms with Crippen LogP contribution < -0.4 is 10.6 Å². The van der Waals surface area contributed by atoms with Crippen LogP contribution in [0.4, 0.5) is 9.93 Å². The summed E-state index contributed by atoms with van der Waals surface area (Å²) in [4.78, 5) is 87.0. The Balaban J connectivity index is 1.46. The van der Waals surface area contributed by atoms with Crippen LogP contribution >= 0.6 is 23.1 Å². The Morgan fingerprint density at radius 3 is 2.37 bits per heavy atom. The summed E-state index contributed by atoms with van der Waals surface area (Å²) in [7, 11) is 1.98. The zero-order chi connectivity index (χ0) is 36.3. The molecule has 0 saturated carbocycles. The number of carboxylic acid groups (broad SMARTS) is 1. The standard InChI is InChI=1S/C30H41N7O10S2/c1-29(2,3)46-19(39)13-45-34-20(18-15-49-27(32-18)31-16-38)23(40)33-21-24(41)36-22(26(42)43)17(14-48-25(21)36)12-37(7)10-8-35(9-11-37)28(44)47-30(4,5)6/h15-16,21,25H,8-14H2,1-7H3,(H2-,31,32,33,38,40,42,43)/p+1/t21-,25+/m1/s1. The van der Waals surface area contributed by atoms with Crippen LogP contribution in [0.1, 0.15) is 47.2 Å². The molecule has 19 heteroatoms. The first-order valence-electron chi connectivity index (χ1n) is 15.4. The van der Waals surface area contributed by atoms with Gasteiger partial charge in [0, 0.05) is 16.7 Å². The van der Waals surface area contributed by atoms with Gasteiger partial charge in [-0.25, -0.2) is 19.4 Å². The average molecular weight is 725 g/mol. The van der Waals surface area contributed by atoms with Crippen molar-refractivity contribution < 1.29 is 52.7 Å². The van der Waals surface area contributed by atoms with Crippen molar-refractivity contribution >= 4 is 70.2 Å². The third kappa shape index (κ3) is 9.48. The van der Waals surface area contributed by atoms with Crippen LogP contribution in [0.25, 0.3) is 0 Å². The smallest absolute Gasteiger partial charge is 0.410 e. The van der Waals surface area contributed by atoms with Crippen LogP contribution in [0.15, 0.2) is 21.8 Å². The molecule has 4 amide bonds. The summed E-state index contributed by atoms with van der Waals surface area (Å²) in [6.45, 7) is 12.2. The molecule has 0 aliphatic carbocycles. The number of rotatable bonds is 11. The number of carbonyl (C=O) groups is 6. The maximum absolute atomic E-state index is 13.5. The molecule has 3 aliphatic heterocycles. The SMILES string of the molecule is CC(C)(C)OC(=O)CON=C(C(=O)N[C@@H]1C(=O)N2C(C(=O)O)=C(C[N+]3(C)CCN(C(=O)OC(C)(C)C)CC3)CS[C@@H]12)c1csc(NC=O)n1. The fourth-order valence-corrected chi connectivity index (χ4v) is 7.30. The predicted molar refractivity (Wildman–Crippen MR) is 178 cm³/mol. The van der Waals surface area contributed by atoms with Gasteiger partial charge in [0.2, 0.25) is 13.0 Å². The molecule has 0 radical (unpaired) electrons. The first-order valence-corrected chi connectivity index (χ1v) is 17.3. The molecule has 4 heterocycles. The number of ether oxygens (including phenoxy) is 2. The van der Waals surface area contributed by atoms with E-state index >= 15 is 0 Å². The van der Waals surface area contributed by atoms with Gasteiger partial charge in [0.05, 0.1) is 33.2 Å². The van der Waals surface area contributed by atoms with Crippen molar-refractivity contribution in [3.05, 3.63) is 22.3 Å². The Bertz CT molecular complexity index is 1550. The van der Waals surface area contributed by atoms with Crippen molar-refractivity contribution in [1.29, 1.82) is 0 Å². The van der Waals surface area contributed by atoms with Gasteiger partial charge in [0.1, 0.15) is 40.6 Å². The lowest BCUT2D eigenvalue weighted by Gasteiger charge is -2.50. The maximum Gasteiger partial charge on any atom is 0.410 e. The molecule has 268 valence electrons. The molecule has 0 spiro atoms. The zero-order valence-corrected chi connectivity index (χ0v) is 30.1. The molecule has 0 aromatic carbocycles. The number of piperazine rings is 1. The highest BCUT2D eigenvalue weighted by atomic mass is 32.2. The van der Waals surface area contributed by atoms with E-state index in [9.17, 15) is 33.9 Å². The topological polar surface area (TPSA) is 206 Å². The van der Waals surface area contributed by atoms with E-state index in [-0.39, 0.29) is 22.2 Å². The molecule has 49 heavy (non-hydrogen) atoms. The minimum atomic E-state index is -1.26. The van der Waals surface area contributed by atoms with E-state index in [0.29, 0.717) is 54.9 Å². The van der Waals surface area contributed by atoms with Crippen molar-refractivity contribution in [3.63, 3.8) is 0 Å². The van der Waals surface area contributed by atoms with Crippen molar-refractivity contribution in [1.82, 2.24) is 20.1 Å². The van der Waals surface area contributed by atoms with Gasteiger partial charge in [-0.2, -0.15) is 0 Å². The number of esters is 1. The number of aromatic nitrogens is 1. The number of hydrogen-bond acceptors (Lipinski definition) is 13. The van der Waals surface area contributed by atoms with Gasteiger partial charge < -0.3 is 34.5 Å². The molecule has 3 aliphatic rings. The van der Waals surface area contributed by atoms with Gasteiger partial charge in [-0.05, 0) is 41.5 Å². The molecule has 2 saturated heterocycles. The highest BCUT2D eigenvalue weighted by Gasteiger charge is 2.55. The highest BCUT2D eigenvalue weighted by molar-refractivity contribution is 8.00. The number of hydrogen-bond donors (Lipinski definition) is 3. The van der Waals surface area contributed by atoms with Crippen molar-refractivity contribution in [2.75, 3.05) is 57.4 Å². The fourth-order valence-electron chi connectivity index (χ4n) is 5.31. The Morgan fingerprint density at radius 1 is 1.12 bits per heavy atom. The number of aliphatic carboxylic acids is 1. The number of likely N-dealkylation sites (N-methyl/N-ethyl adjacent to an activating group) is 1. The first kappa shape index (κ1) is 37.6. The zero-order valence-electron chi connectivity index (χ0n) is 28.4. The normalized spacial score (nSPS) is 20.9. The monoisotopic (exact) mass is 724 g/mol. The summed E-state index contributed by atoms with van der Waals surface area (Å²) >= 11 is 2.33. The van der Waals surface area contributed by atoms with Crippen LogP contribution in [0.2, 0.25) is 0 Å². The first-order chi connectivity index (χ1) is 22.8. The van der Waals surface area contributed by atoms with Gasteiger partial charge in [-0.1, -0.05) is 5.16 Å². The van der Waals surface area contributed by atoms with E-state index in [1.165, 1.54) is 22.0 Å². The fraction of sp³-hybridized carbons (Fsp3) is 0.600. The van der Waals surface area contributed by atoms with Gasteiger partial charge in [-0.15, -0.1) is 23.1 Å². The van der Waals surface area contributed by atoms with Crippen molar-refractivity contribution in [2.45, 2.75) is 64.2 Å². The van der Waals surface area contributed by atoms with Gasteiger partial charge in [-0.3, -0.25) is 24.2 Å². The Morgan fingerprint density at radius 2 is 1.78 bits per heavy atom. The van der Waals surface area contributed by atoms with E-state index in [1.807, 2.05) is 7.05 Å². The van der Waals surface area contributed by atoms with E-state index in [4.69, 9.17) is 14.3 Å². The van der Waals surface area contributed by atoms with Gasteiger partial charge >= 0.3 is 18.0 Å². The number of oxime groups is 1. The summed E-state index contributed by atoms with van der Waals surface area (Å²) < 4.78 is 11.1. The Labute approximate surface area is 291 Å². The summed E-state index contributed by atoms with van der Waals surface area (Å²) in [5, 5.41) is 19.9. The minimum absolute atomic E-state index is 0.00750. The highest BCUT2D eigenvalue weighted by Crippen LogP contribution is 2.41. The van der Waals surface area contributed by atoms with Gasteiger partial charge in [0.15, 0.2) is 10.8 Å². The van der Waals surface area contributed by atoms with Crippen LogP contribution in [0, 0.1) is 0 Å². The quantitative estimate of drug-likeness (QED) is 0.0736. The molecule has 2 atom stereocenters. The van der Waals surface area contributed by atoms with Crippen LogP contribution in [0.3, 0.4) is 0 Å².